The van der Waals surface area contributed by atoms with E-state index >= 15 is 0 Å². The third kappa shape index (κ3) is 3.85. The number of amides is 1. The van der Waals surface area contributed by atoms with Gasteiger partial charge in [-0.25, -0.2) is 0 Å². The molecule has 1 aromatic heterocycles. The van der Waals surface area contributed by atoms with Crippen LogP contribution in [0.1, 0.15) is 17.7 Å². The fourth-order valence-electron chi connectivity index (χ4n) is 2.87. The number of nitrogens with zero attached hydrogens (tertiary/aromatic N) is 3. The molecule has 1 atom stereocenters. The lowest BCUT2D eigenvalue weighted by Crippen LogP contribution is -2.27. The van der Waals surface area contributed by atoms with Crippen LogP contribution in [-0.4, -0.2) is 33.2 Å². The van der Waals surface area contributed by atoms with Gasteiger partial charge in [-0.1, -0.05) is 6.07 Å². The van der Waals surface area contributed by atoms with Gasteiger partial charge in [-0.3, -0.25) is 24.7 Å². The summed E-state index contributed by atoms with van der Waals surface area (Å²) in [6, 6.07) is 9.57. The number of nitro groups is 1. The van der Waals surface area contributed by atoms with E-state index in [4.69, 9.17) is 4.74 Å². The van der Waals surface area contributed by atoms with Crippen molar-refractivity contribution in [3.05, 3.63) is 64.0 Å². The number of carbonyl (C=O) groups is 2. The number of aryl methyl sites for hydroxylation is 1. The molecule has 3 rings (SSSR count). The van der Waals surface area contributed by atoms with E-state index in [-0.39, 0.29) is 30.3 Å². The molecule has 1 fully saturated rings. The summed E-state index contributed by atoms with van der Waals surface area (Å²) in [5.74, 6) is -0.983. The van der Waals surface area contributed by atoms with Crippen molar-refractivity contribution in [3.8, 4) is 5.75 Å². The maximum atomic E-state index is 12.3. The average Bonchev–Trinajstić information content (AvgIpc) is 2.96. The normalized spacial score (nSPS) is 16.6. The van der Waals surface area contributed by atoms with Gasteiger partial charge >= 0.3 is 5.97 Å². The van der Waals surface area contributed by atoms with E-state index in [1.807, 2.05) is 12.1 Å². The van der Waals surface area contributed by atoms with Crippen LogP contribution in [0.3, 0.4) is 0 Å². The van der Waals surface area contributed by atoms with Crippen molar-refractivity contribution in [2.24, 2.45) is 5.92 Å². The molecule has 2 heterocycles. The summed E-state index contributed by atoms with van der Waals surface area (Å²) in [6.07, 6.45) is 1.73. The predicted molar refractivity (Wildman–Crippen MR) is 91.2 cm³/mol. The number of hydrogen-bond acceptors (Lipinski definition) is 6. The van der Waals surface area contributed by atoms with E-state index in [0.717, 1.165) is 5.69 Å². The number of esters is 1. The lowest BCUT2D eigenvalue weighted by Gasteiger charge is -2.15. The maximum absolute atomic E-state index is 12.3. The fraction of sp³-hybridized carbons (Fsp3) is 0.278. The summed E-state index contributed by atoms with van der Waals surface area (Å²) in [4.78, 5) is 40.6. The summed E-state index contributed by atoms with van der Waals surface area (Å²) in [5, 5.41) is 10.8. The number of benzene rings is 1. The average molecular weight is 355 g/mol. The zero-order chi connectivity index (χ0) is 18.7. The fourth-order valence-corrected chi connectivity index (χ4v) is 2.87. The van der Waals surface area contributed by atoms with Crippen molar-refractivity contribution in [2.75, 3.05) is 6.54 Å². The molecule has 1 aliphatic heterocycles. The lowest BCUT2D eigenvalue weighted by molar-refractivity contribution is -0.385. The smallest absolute Gasteiger partial charge is 0.316 e. The van der Waals surface area contributed by atoms with Crippen molar-refractivity contribution in [2.45, 2.75) is 19.9 Å². The van der Waals surface area contributed by atoms with E-state index in [1.54, 1.807) is 24.1 Å². The van der Waals surface area contributed by atoms with Gasteiger partial charge in [-0.05, 0) is 31.2 Å². The van der Waals surface area contributed by atoms with E-state index in [9.17, 15) is 19.7 Å². The van der Waals surface area contributed by atoms with E-state index in [1.165, 1.54) is 18.2 Å². The van der Waals surface area contributed by atoms with Crippen LogP contribution in [0.15, 0.2) is 42.6 Å². The number of hydrogen-bond donors (Lipinski definition) is 0. The molecule has 26 heavy (non-hydrogen) atoms. The molecular weight excluding hydrogens is 338 g/mol. The molecule has 8 nitrogen and oxygen atoms in total. The molecule has 1 aromatic carbocycles. The topological polar surface area (TPSA) is 103 Å². The Bertz CT molecular complexity index is 853. The highest BCUT2D eigenvalue weighted by Gasteiger charge is 2.35. The minimum absolute atomic E-state index is 0.0395. The molecular formula is C18H17N3O5. The Hall–Kier alpha value is -3.29. The number of nitro benzene ring substituents is 1. The van der Waals surface area contributed by atoms with Crippen LogP contribution in [0.2, 0.25) is 0 Å². The number of rotatable bonds is 5. The van der Waals surface area contributed by atoms with Crippen LogP contribution in [-0.2, 0) is 16.1 Å². The van der Waals surface area contributed by atoms with Gasteiger partial charge in [0.15, 0.2) is 0 Å². The molecule has 8 heteroatoms. The quantitative estimate of drug-likeness (QED) is 0.353. The van der Waals surface area contributed by atoms with Crippen molar-refractivity contribution >= 4 is 17.6 Å². The Morgan fingerprint density at radius 3 is 2.85 bits per heavy atom. The van der Waals surface area contributed by atoms with Crippen LogP contribution in [0.25, 0.3) is 0 Å². The molecule has 0 spiro atoms. The van der Waals surface area contributed by atoms with Crippen LogP contribution < -0.4 is 4.74 Å². The second kappa shape index (κ2) is 7.30. The number of likely N-dealkylation sites (tertiary alicyclic amines) is 1. The van der Waals surface area contributed by atoms with Crippen molar-refractivity contribution in [3.63, 3.8) is 0 Å². The van der Waals surface area contributed by atoms with E-state index in [0.29, 0.717) is 12.1 Å². The molecule has 0 aliphatic carbocycles. The first-order valence-electron chi connectivity index (χ1n) is 8.08. The maximum Gasteiger partial charge on any atom is 0.316 e. The molecule has 1 amide bonds. The molecule has 0 bridgehead atoms. The second-order valence-electron chi connectivity index (χ2n) is 6.12. The van der Waals surface area contributed by atoms with Gasteiger partial charge < -0.3 is 9.64 Å². The summed E-state index contributed by atoms with van der Waals surface area (Å²) in [7, 11) is 0. The number of aromatic nitrogens is 1. The second-order valence-corrected chi connectivity index (χ2v) is 6.12. The van der Waals surface area contributed by atoms with Crippen LogP contribution in [0.5, 0.6) is 5.75 Å². The van der Waals surface area contributed by atoms with Crippen LogP contribution in [0, 0.1) is 23.0 Å². The molecule has 1 saturated heterocycles. The zero-order valence-corrected chi connectivity index (χ0v) is 14.1. The Morgan fingerprint density at radius 2 is 2.19 bits per heavy atom. The SMILES string of the molecule is Cc1cc(OC(=O)C2CC(=O)N(Cc3ccccn3)C2)ccc1[N+](=O)[O-]. The third-order valence-electron chi connectivity index (χ3n) is 4.21. The van der Waals surface area contributed by atoms with Crippen molar-refractivity contribution in [1.29, 1.82) is 0 Å². The Balaban J connectivity index is 1.63. The van der Waals surface area contributed by atoms with E-state index < -0.39 is 16.8 Å². The molecule has 1 aliphatic rings. The summed E-state index contributed by atoms with van der Waals surface area (Å²) < 4.78 is 5.30. The minimum atomic E-state index is -0.568. The van der Waals surface area contributed by atoms with Gasteiger partial charge in [0.2, 0.25) is 5.91 Å². The third-order valence-corrected chi connectivity index (χ3v) is 4.21. The summed E-state index contributed by atoms with van der Waals surface area (Å²) >= 11 is 0. The van der Waals surface area contributed by atoms with Crippen molar-refractivity contribution < 1.29 is 19.2 Å². The number of carbonyl (C=O) groups excluding carboxylic acids is 2. The lowest BCUT2D eigenvalue weighted by atomic mass is 10.1. The van der Waals surface area contributed by atoms with Crippen LogP contribution >= 0.6 is 0 Å². The number of pyridine rings is 1. The van der Waals surface area contributed by atoms with Gasteiger partial charge in [0.25, 0.3) is 5.69 Å². The monoisotopic (exact) mass is 355 g/mol. The molecule has 2 aromatic rings. The summed E-state index contributed by atoms with van der Waals surface area (Å²) in [6.45, 7) is 2.18. The Morgan fingerprint density at radius 1 is 1.38 bits per heavy atom. The van der Waals surface area contributed by atoms with Gasteiger partial charge in [-0.2, -0.15) is 0 Å². The highest BCUT2D eigenvalue weighted by Crippen LogP contribution is 2.26. The molecule has 0 saturated carbocycles. The van der Waals surface area contributed by atoms with Gasteiger partial charge in [0.05, 0.1) is 23.1 Å². The summed E-state index contributed by atoms with van der Waals surface area (Å²) in [5.41, 5.74) is 1.11. The Kier molecular flexibility index (Phi) is 4.92. The number of ether oxygens (including phenoxy) is 1. The minimum Gasteiger partial charge on any atom is -0.426 e. The molecule has 1 unspecified atom stereocenters. The molecule has 0 N–H and O–H groups in total. The molecule has 134 valence electrons. The first kappa shape index (κ1) is 17.5. The predicted octanol–water partition coefficient (Wildman–Crippen LogP) is 2.25. The molecule has 0 radical (unpaired) electrons. The van der Waals surface area contributed by atoms with Crippen LogP contribution in [0.4, 0.5) is 5.69 Å². The highest BCUT2D eigenvalue weighted by molar-refractivity contribution is 5.87. The van der Waals surface area contributed by atoms with Crippen molar-refractivity contribution in [1.82, 2.24) is 9.88 Å². The van der Waals surface area contributed by atoms with Gasteiger partial charge in [0.1, 0.15) is 5.75 Å². The van der Waals surface area contributed by atoms with Gasteiger partial charge in [-0.15, -0.1) is 0 Å². The first-order chi connectivity index (χ1) is 12.4. The van der Waals surface area contributed by atoms with Gasteiger partial charge in [0, 0.05) is 30.8 Å². The highest BCUT2D eigenvalue weighted by atomic mass is 16.6. The standard InChI is InChI=1S/C18H17N3O5/c1-12-8-15(5-6-16(12)21(24)25)26-18(23)13-9-17(22)20(10-13)11-14-4-2-3-7-19-14/h2-8,13H,9-11H2,1H3. The first-order valence-corrected chi connectivity index (χ1v) is 8.08. The Labute approximate surface area is 149 Å². The largest absolute Gasteiger partial charge is 0.426 e. The van der Waals surface area contributed by atoms with E-state index in [2.05, 4.69) is 4.98 Å². The zero-order valence-electron chi connectivity index (χ0n) is 14.1.